The second-order valence-corrected chi connectivity index (χ2v) is 4.77. The number of para-hydroxylation sites is 1. The fraction of sp³-hybridized carbons (Fsp3) is 0.467. The highest BCUT2D eigenvalue weighted by molar-refractivity contribution is 5.76. The van der Waals surface area contributed by atoms with Crippen LogP contribution in [0.25, 0.3) is 0 Å². The van der Waals surface area contributed by atoms with E-state index in [2.05, 4.69) is 6.07 Å². The van der Waals surface area contributed by atoms with Crippen molar-refractivity contribution in [2.24, 2.45) is 5.92 Å². The van der Waals surface area contributed by atoms with Crippen molar-refractivity contribution in [1.29, 1.82) is 5.26 Å². The largest absolute Gasteiger partial charge is 0.492 e. The number of nitrogens with zero attached hydrogens (tertiary/aromatic N) is 2. The third-order valence-corrected chi connectivity index (χ3v) is 3.42. The van der Waals surface area contributed by atoms with E-state index in [1.165, 1.54) is 0 Å². The van der Waals surface area contributed by atoms with Gasteiger partial charge in [0, 0.05) is 25.4 Å². The predicted molar refractivity (Wildman–Crippen MR) is 71.6 cm³/mol. The Morgan fingerprint density at radius 2 is 2.32 bits per heavy atom. The first kappa shape index (κ1) is 13.4. The lowest BCUT2D eigenvalue weighted by atomic mass is 10.1. The molecule has 1 aliphatic rings. The molecule has 0 radical (unpaired) electrons. The first-order valence-electron chi connectivity index (χ1n) is 6.64. The number of likely N-dealkylation sites (tertiary alicyclic amines) is 1. The van der Waals surface area contributed by atoms with Gasteiger partial charge in [-0.1, -0.05) is 19.1 Å². The summed E-state index contributed by atoms with van der Waals surface area (Å²) < 4.78 is 5.71. The lowest BCUT2D eigenvalue weighted by Gasteiger charge is -2.16. The molecule has 100 valence electrons. The van der Waals surface area contributed by atoms with E-state index in [9.17, 15) is 4.79 Å². The number of ether oxygens (including phenoxy) is 1. The van der Waals surface area contributed by atoms with Gasteiger partial charge in [0.1, 0.15) is 11.8 Å². The smallest absolute Gasteiger partial charge is 0.222 e. The molecule has 4 nitrogen and oxygen atoms in total. The van der Waals surface area contributed by atoms with Gasteiger partial charge >= 0.3 is 0 Å². The molecule has 1 aliphatic heterocycles. The average molecular weight is 258 g/mol. The van der Waals surface area contributed by atoms with Crippen molar-refractivity contribution in [3.63, 3.8) is 0 Å². The normalized spacial score (nSPS) is 18.1. The van der Waals surface area contributed by atoms with Crippen LogP contribution in [0.2, 0.25) is 0 Å². The van der Waals surface area contributed by atoms with Crippen molar-refractivity contribution in [1.82, 2.24) is 4.90 Å². The van der Waals surface area contributed by atoms with Crippen LogP contribution in [0.5, 0.6) is 5.75 Å². The maximum absolute atomic E-state index is 11.6. The molecule has 1 heterocycles. The van der Waals surface area contributed by atoms with Gasteiger partial charge in [0.25, 0.3) is 0 Å². The predicted octanol–water partition coefficient (Wildman–Crippen LogP) is 2.20. The number of hydrogen-bond donors (Lipinski definition) is 0. The number of nitriles is 1. The standard InChI is InChI=1S/C15H18N2O2/c1-2-15(18)17-8-7-12(10-17)11-19-14-6-4-3-5-13(14)9-16/h3-6,12H,2,7-8,10-11H2,1H3. The van der Waals surface area contributed by atoms with Crippen LogP contribution >= 0.6 is 0 Å². The Balaban J connectivity index is 1.87. The molecule has 4 heteroatoms. The summed E-state index contributed by atoms with van der Waals surface area (Å²) in [6.45, 7) is 4.03. The van der Waals surface area contributed by atoms with Gasteiger partial charge in [-0.05, 0) is 18.6 Å². The molecule has 1 aromatic carbocycles. The fourth-order valence-corrected chi connectivity index (χ4v) is 2.31. The van der Waals surface area contributed by atoms with E-state index in [0.717, 1.165) is 19.5 Å². The molecule has 1 fully saturated rings. The number of carbonyl (C=O) groups excluding carboxylic acids is 1. The Morgan fingerprint density at radius 1 is 1.53 bits per heavy atom. The molecule has 19 heavy (non-hydrogen) atoms. The molecule has 1 aromatic rings. The SMILES string of the molecule is CCC(=O)N1CCC(COc2ccccc2C#N)C1. The summed E-state index contributed by atoms with van der Waals surface area (Å²) in [6, 6.07) is 9.35. The van der Waals surface area contributed by atoms with Crippen LogP contribution in [0.3, 0.4) is 0 Å². The number of carbonyl (C=O) groups is 1. The molecule has 1 amide bonds. The fourth-order valence-electron chi connectivity index (χ4n) is 2.31. The van der Waals surface area contributed by atoms with E-state index in [-0.39, 0.29) is 5.91 Å². The summed E-state index contributed by atoms with van der Waals surface area (Å²) >= 11 is 0. The van der Waals surface area contributed by atoms with Crippen molar-refractivity contribution in [3.05, 3.63) is 29.8 Å². The van der Waals surface area contributed by atoms with Gasteiger partial charge in [-0.15, -0.1) is 0 Å². The Morgan fingerprint density at radius 3 is 3.05 bits per heavy atom. The van der Waals surface area contributed by atoms with Crippen LogP contribution < -0.4 is 4.74 Å². The van der Waals surface area contributed by atoms with E-state index in [4.69, 9.17) is 10.00 Å². The lowest BCUT2D eigenvalue weighted by molar-refractivity contribution is -0.129. The summed E-state index contributed by atoms with van der Waals surface area (Å²) in [6.07, 6.45) is 1.53. The van der Waals surface area contributed by atoms with E-state index in [1.807, 2.05) is 30.0 Å². The van der Waals surface area contributed by atoms with Crippen molar-refractivity contribution >= 4 is 5.91 Å². The molecule has 0 bridgehead atoms. The van der Waals surface area contributed by atoms with Crippen LogP contribution in [0.4, 0.5) is 0 Å². The van der Waals surface area contributed by atoms with Crippen LogP contribution in [-0.2, 0) is 4.79 Å². The van der Waals surface area contributed by atoms with Crippen LogP contribution in [-0.4, -0.2) is 30.5 Å². The summed E-state index contributed by atoms with van der Waals surface area (Å²) in [5.41, 5.74) is 0.557. The highest BCUT2D eigenvalue weighted by Gasteiger charge is 2.25. The monoisotopic (exact) mass is 258 g/mol. The van der Waals surface area contributed by atoms with E-state index in [1.54, 1.807) is 6.07 Å². The van der Waals surface area contributed by atoms with Gasteiger partial charge in [-0.3, -0.25) is 4.79 Å². The molecule has 2 rings (SSSR count). The van der Waals surface area contributed by atoms with Gasteiger partial charge in [-0.25, -0.2) is 0 Å². The molecule has 1 atom stereocenters. The Bertz CT molecular complexity index is 493. The van der Waals surface area contributed by atoms with Gasteiger partial charge in [0.05, 0.1) is 12.2 Å². The summed E-state index contributed by atoms with van der Waals surface area (Å²) in [7, 11) is 0. The minimum atomic E-state index is 0.208. The van der Waals surface area contributed by atoms with Crippen molar-refractivity contribution in [2.45, 2.75) is 19.8 Å². The average Bonchev–Trinajstić information content (AvgIpc) is 2.93. The van der Waals surface area contributed by atoms with E-state index < -0.39 is 0 Å². The zero-order valence-corrected chi connectivity index (χ0v) is 11.1. The van der Waals surface area contributed by atoms with Gasteiger partial charge in [0.2, 0.25) is 5.91 Å². The van der Waals surface area contributed by atoms with Crippen LogP contribution in [0, 0.1) is 17.2 Å². The zero-order chi connectivity index (χ0) is 13.7. The molecule has 0 spiro atoms. The summed E-state index contributed by atoms with van der Waals surface area (Å²) in [5.74, 6) is 1.20. The molecular formula is C15H18N2O2. The molecule has 1 saturated heterocycles. The lowest BCUT2D eigenvalue weighted by Crippen LogP contribution is -2.28. The first-order chi connectivity index (χ1) is 9.24. The zero-order valence-electron chi connectivity index (χ0n) is 11.1. The molecular weight excluding hydrogens is 240 g/mol. The third kappa shape index (κ3) is 3.25. The molecule has 1 unspecified atom stereocenters. The van der Waals surface area contributed by atoms with Crippen molar-refractivity contribution in [3.8, 4) is 11.8 Å². The first-order valence-corrected chi connectivity index (χ1v) is 6.64. The van der Waals surface area contributed by atoms with Gasteiger partial charge < -0.3 is 9.64 Å². The van der Waals surface area contributed by atoms with Crippen LogP contribution in [0.1, 0.15) is 25.3 Å². The second kappa shape index (κ2) is 6.24. The molecule has 0 aliphatic carbocycles. The van der Waals surface area contributed by atoms with E-state index in [0.29, 0.717) is 30.3 Å². The number of benzene rings is 1. The highest BCUT2D eigenvalue weighted by atomic mass is 16.5. The Labute approximate surface area is 113 Å². The number of amides is 1. The Hall–Kier alpha value is -2.02. The third-order valence-electron chi connectivity index (χ3n) is 3.42. The summed E-state index contributed by atoms with van der Waals surface area (Å²) in [5, 5.41) is 8.97. The van der Waals surface area contributed by atoms with Gasteiger partial charge in [-0.2, -0.15) is 5.26 Å². The van der Waals surface area contributed by atoms with Gasteiger partial charge in [0.15, 0.2) is 0 Å². The minimum absolute atomic E-state index is 0.208. The Kier molecular flexibility index (Phi) is 4.40. The number of hydrogen-bond acceptors (Lipinski definition) is 3. The highest BCUT2D eigenvalue weighted by Crippen LogP contribution is 2.21. The second-order valence-electron chi connectivity index (χ2n) is 4.77. The van der Waals surface area contributed by atoms with Crippen LogP contribution in [0.15, 0.2) is 24.3 Å². The van der Waals surface area contributed by atoms with E-state index >= 15 is 0 Å². The maximum atomic E-state index is 11.6. The molecule has 0 aromatic heterocycles. The maximum Gasteiger partial charge on any atom is 0.222 e. The van der Waals surface area contributed by atoms with Crippen molar-refractivity contribution in [2.75, 3.05) is 19.7 Å². The minimum Gasteiger partial charge on any atom is -0.492 e. The molecule has 0 N–H and O–H groups in total. The van der Waals surface area contributed by atoms with Crippen molar-refractivity contribution < 1.29 is 9.53 Å². The summed E-state index contributed by atoms with van der Waals surface area (Å²) in [4.78, 5) is 13.5. The number of rotatable bonds is 4. The quantitative estimate of drug-likeness (QED) is 0.832. The topological polar surface area (TPSA) is 53.3 Å². The molecule has 0 saturated carbocycles.